The van der Waals surface area contributed by atoms with Crippen molar-refractivity contribution in [1.29, 1.82) is 0 Å². The Morgan fingerprint density at radius 3 is 1.40 bits per heavy atom. The van der Waals surface area contributed by atoms with Crippen LogP contribution in [0.5, 0.6) is 0 Å². The molecule has 2 atom stereocenters. The minimum absolute atomic E-state index is 0. The van der Waals surface area contributed by atoms with E-state index in [4.69, 9.17) is 10.8 Å². The Kier molecular flexibility index (Phi) is 5.76. The molecule has 0 amide bonds. The molecule has 0 radical (unpaired) electrons. The summed E-state index contributed by atoms with van der Waals surface area (Å²) >= 11 is 0. The number of benzene rings is 1. The van der Waals surface area contributed by atoms with Crippen LogP contribution in [0.3, 0.4) is 0 Å². The summed E-state index contributed by atoms with van der Waals surface area (Å²) in [5, 5.41) is 8.69. The summed E-state index contributed by atoms with van der Waals surface area (Å²) in [5.41, 5.74) is 2.78. The molecule has 3 N–H and O–H groups in total. The Bertz CT molecular complexity index is 477. The van der Waals surface area contributed by atoms with Gasteiger partial charge in [0.25, 0.3) is 0 Å². The van der Waals surface area contributed by atoms with Gasteiger partial charge in [0.05, 0.1) is 6.04 Å². The first kappa shape index (κ1) is 18.9. The van der Waals surface area contributed by atoms with Gasteiger partial charge in [-0.2, -0.15) is 13.2 Å². The highest BCUT2D eigenvalue weighted by Gasteiger charge is 2.45. The van der Waals surface area contributed by atoms with Crippen LogP contribution >= 0.6 is 12.4 Å². The zero-order valence-corrected chi connectivity index (χ0v) is 9.93. The summed E-state index contributed by atoms with van der Waals surface area (Å²) in [7, 11) is 0. The first-order valence-corrected chi connectivity index (χ1v) is 4.51. The van der Waals surface area contributed by atoms with Crippen LogP contribution in [0.15, 0.2) is 0 Å². The van der Waals surface area contributed by atoms with Crippen molar-refractivity contribution >= 4 is 12.4 Å². The Balaban J connectivity index is 0.00000361. The quantitative estimate of drug-likeness (QED) is 0.497. The molecule has 11 heteroatoms. The zero-order valence-electron chi connectivity index (χ0n) is 9.11. The second kappa shape index (κ2) is 6.10. The van der Waals surface area contributed by atoms with Gasteiger partial charge in [-0.25, -0.2) is 22.0 Å². The van der Waals surface area contributed by atoms with Gasteiger partial charge in [-0.1, -0.05) is 0 Å². The van der Waals surface area contributed by atoms with Crippen LogP contribution in [0.2, 0.25) is 0 Å². The third-order valence-electron chi connectivity index (χ3n) is 2.25. The van der Waals surface area contributed by atoms with E-state index >= 15 is 0 Å². The van der Waals surface area contributed by atoms with Crippen LogP contribution in [0, 0.1) is 29.1 Å². The highest BCUT2D eigenvalue weighted by Crippen LogP contribution is 2.33. The molecule has 0 saturated carbocycles. The minimum Gasteiger partial charge on any atom is -0.382 e. The van der Waals surface area contributed by atoms with Crippen LogP contribution in [-0.2, 0) is 0 Å². The van der Waals surface area contributed by atoms with E-state index in [1.807, 2.05) is 0 Å². The Labute approximate surface area is 112 Å². The smallest absolute Gasteiger partial charge is 0.382 e. The largest absolute Gasteiger partial charge is 0.416 e. The van der Waals surface area contributed by atoms with Gasteiger partial charge >= 0.3 is 6.18 Å². The zero-order chi connectivity index (χ0) is 15.1. The monoisotopic (exact) mass is 331 g/mol. The van der Waals surface area contributed by atoms with Gasteiger partial charge in [0, 0.05) is 5.56 Å². The predicted octanol–water partition coefficient (Wildman–Crippen LogP) is 2.73. The normalized spacial score (nSPS) is 14.7. The maximum Gasteiger partial charge on any atom is 0.416 e. The van der Waals surface area contributed by atoms with Crippen molar-refractivity contribution in [3.63, 3.8) is 0 Å². The van der Waals surface area contributed by atoms with E-state index in [-0.39, 0.29) is 12.4 Å². The summed E-state index contributed by atoms with van der Waals surface area (Å²) in [4.78, 5) is 0. The van der Waals surface area contributed by atoms with Gasteiger partial charge in [0.2, 0.25) is 5.82 Å². The fraction of sp³-hybridized carbons (Fsp3) is 0.333. The van der Waals surface area contributed by atoms with E-state index in [2.05, 4.69) is 0 Å². The predicted molar refractivity (Wildman–Crippen MR) is 52.5 cm³/mol. The number of hydrogen-bond donors (Lipinski definition) is 2. The SMILES string of the molecule is Cl.N[C@H](c1c(F)c(F)c(F)c(F)c1F)[C@@H](O)C(F)(F)F. The maximum atomic E-state index is 13.1. The average molecular weight is 332 g/mol. The van der Waals surface area contributed by atoms with Crippen molar-refractivity contribution in [2.75, 3.05) is 0 Å². The first-order valence-electron chi connectivity index (χ1n) is 4.51. The molecule has 0 aliphatic carbocycles. The molecule has 0 aliphatic rings. The van der Waals surface area contributed by atoms with E-state index in [1.54, 1.807) is 0 Å². The molecule has 0 saturated heterocycles. The van der Waals surface area contributed by atoms with E-state index in [0.717, 1.165) is 0 Å². The molecule has 0 spiro atoms. The number of aliphatic hydroxyl groups is 1. The highest BCUT2D eigenvalue weighted by molar-refractivity contribution is 5.85. The van der Waals surface area contributed by atoms with Gasteiger partial charge in [0.15, 0.2) is 29.4 Å². The van der Waals surface area contributed by atoms with Crippen molar-refractivity contribution in [1.82, 2.24) is 0 Å². The lowest BCUT2D eigenvalue weighted by Crippen LogP contribution is -2.40. The van der Waals surface area contributed by atoms with Crippen molar-refractivity contribution < 1.29 is 40.2 Å². The van der Waals surface area contributed by atoms with E-state index < -0.39 is 53.0 Å². The number of rotatable bonds is 2. The third kappa shape index (κ3) is 3.13. The van der Waals surface area contributed by atoms with Crippen LogP contribution in [0.25, 0.3) is 0 Å². The average Bonchev–Trinajstić information content (AvgIpc) is 2.31. The van der Waals surface area contributed by atoms with Crippen molar-refractivity contribution in [3.8, 4) is 0 Å². The summed E-state index contributed by atoms with van der Waals surface area (Å²) in [6, 6.07) is -2.86. The number of halogens is 9. The topological polar surface area (TPSA) is 46.2 Å². The van der Waals surface area contributed by atoms with Gasteiger partial charge in [-0.15, -0.1) is 12.4 Å². The van der Waals surface area contributed by atoms with Crippen LogP contribution < -0.4 is 5.73 Å². The molecule has 1 rings (SSSR count). The molecule has 1 aromatic carbocycles. The molecule has 0 unspecified atom stereocenters. The molecule has 0 heterocycles. The number of nitrogens with two attached hydrogens (primary N) is 1. The van der Waals surface area contributed by atoms with E-state index in [1.165, 1.54) is 0 Å². The molecule has 20 heavy (non-hydrogen) atoms. The standard InChI is InChI=1S/C9H5F8NO.ClH/c10-2-1(7(18)8(19)9(15,16)17)3(11)5(13)6(14)4(2)12;/h7-8,19H,18H2;1H/t7-,8-;/m1./s1. The van der Waals surface area contributed by atoms with Gasteiger partial charge in [-0.3, -0.25) is 0 Å². The van der Waals surface area contributed by atoms with Crippen molar-refractivity contribution in [2.24, 2.45) is 5.73 Å². The fourth-order valence-corrected chi connectivity index (χ4v) is 1.28. The summed E-state index contributed by atoms with van der Waals surface area (Å²) in [6.45, 7) is 0. The molecule has 116 valence electrons. The summed E-state index contributed by atoms with van der Waals surface area (Å²) in [5.74, 6) is -12.5. The second-order valence-electron chi connectivity index (χ2n) is 3.50. The van der Waals surface area contributed by atoms with Crippen molar-refractivity contribution in [2.45, 2.75) is 18.3 Å². The lowest BCUT2D eigenvalue weighted by molar-refractivity contribution is -0.210. The number of aliphatic hydroxyl groups excluding tert-OH is 1. The molecule has 1 aromatic rings. The molecular weight excluding hydrogens is 326 g/mol. The molecule has 0 aromatic heterocycles. The summed E-state index contributed by atoms with van der Waals surface area (Å²) < 4.78 is 101. The second-order valence-corrected chi connectivity index (χ2v) is 3.50. The first-order chi connectivity index (χ1) is 8.50. The molecule has 2 nitrogen and oxygen atoms in total. The van der Waals surface area contributed by atoms with Gasteiger partial charge in [0.1, 0.15) is 0 Å². The summed E-state index contributed by atoms with van der Waals surface area (Å²) in [6.07, 6.45) is -8.87. The molecule has 0 fully saturated rings. The lowest BCUT2D eigenvalue weighted by atomic mass is 10.00. The minimum atomic E-state index is -5.39. The number of hydrogen-bond acceptors (Lipinski definition) is 2. The Morgan fingerprint density at radius 1 is 0.800 bits per heavy atom. The van der Waals surface area contributed by atoms with E-state index in [9.17, 15) is 35.1 Å². The van der Waals surface area contributed by atoms with Crippen LogP contribution in [0.4, 0.5) is 35.1 Å². The van der Waals surface area contributed by atoms with Crippen LogP contribution in [0.1, 0.15) is 11.6 Å². The number of alkyl halides is 3. The fourth-order valence-electron chi connectivity index (χ4n) is 1.28. The Hall–Kier alpha value is -1.13. The van der Waals surface area contributed by atoms with Crippen molar-refractivity contribution in [3.05, 3.63) is 34.6 Å². The molecule has 0 aliphatic heterocycles. The van der Waals surface area contributed by atoms with Gasteiger partial charge in [-0.05, 0) is 0 Å². The highest BCUT2D eigenvalue weighted by atomic mass is 35.5. The lowest BCUT2D eigenvalue weighted by Gasteiger charge is -2.22. The Morgan fingerprint density at radius 2 is 1.10 bits per heavy atom. The molecular formula is C9H6ClF8NO. The third-order valence-corrected chi connectivity index (χ3v) is 2.25. The van der Waals surface area contributed by atoms with Crippen LogP contribution in [-0.4, -0.2) is 17.4 Å². The maximum absolute atomic E-state index is 13.1. The molecule has 0 bridgehead atoms. The van der Waals surface area contributed by atoms with Gasteiger partial charge < -0.3 is 10.8 Å². The van der Waals surface area contributed by atoms with E-state index in [0.29, 0.717) is 0 Å².